The Morgan fingerprint density at radius 3 is 2.89 bits per heavy atom. The first-order chi connectivity index (χ1) is 9.36. The lowest BCUT2D eigenvalue weighted by atomic mass is 9.80. The van der Waals surface area contributed by atoms with Crippen LogP contribution in [0.4, 0.5) is 5.69 Å². The molecular weight excluding hydrogens is 240 g/mol. The summed E-state index contributed by atoms with van der Waals surface area (Å²) in [4.78, 5) is 2.32. The second-order valence-corrected chi connectivity index (χ2v) is 5.15. The van der Waals surface area contributed by atoms with Crippen molar-refractivity contribution in [1.29, 1.82) is 5.26 Å². The Labute approximate surface area is 113 Å². The van der Waals surface area contributed by atoms with Crippen molar-refractivity contribution in [2.75, 3.05) is 31.2 Å². The number of anilines is 1. The monoisotopic (exact) mass is 258 g/mol. The molecule has 1 aromatic heterocycles. The maximum Gasteiger partial charge on any atom is 0.0908 e. The van der Waals surface area contributed by atoms with Gasteiger partial charge in [0, 0.05) is 25.4 Å². The molecule has 0 atom stereocenters. The van der Waals surface area contributed by atoms with E-state index in [0.29, 0.717) is 12.0 Å². The molecule has 1 aromatic rings. The molecule has 0 amide bonds. The smallest absolute Gasteiger partial charge is 0.0908 e. The highest BCUT2D eigenvalue weighted by molar-refractivity contribution is 5.42. The van der Waals surface area contributed by atoms with Gasteiger partial charge < -0.3 is 9.64 Å². The van der Waals surface area contributed by atoms with Crippen LogP contribution in [0.5, 0.6) is 0 Å². The quantitative estimate of drug-likeness (QED) is 0.775. The number of allylic oxidation sites excluding steroid dienone is 2. The topological polar surface area (TPSA) is 54.1 Å². The summed E-state index contributed by atoms with van der Waals surface area (Å²) in [5.74, 6) is 0.542. The zero-order chi connectivity index (χ0) is 13.1. The van der Waals surface area contributed by atoms with E-state index < -0.39 is 0 Å². The molecule has 19 heavy (non-hydrogen) atoms. The molecule has 0 aromatic carbocycles. The summed E-state index contributed by atoms with van der Waals surface area (Å²) >= 11 is 0. The third kappa shape index (κ3) is 2.64. The van der Waals surface area contributed by atoms with Crippen LogP contribution in [0.25, 0.3) is 0 Å². The lowest BCUT2D eigenvalue weighted by Crippen LogP contribution is -2.36. The van der Waals surface area contributed by atoms with Gasteiger partial charge in [0.15, 0.2) is 0 Å². The highest BCUT2D eigenvalue weighted by atomic mass is 16.5. The Bertz CT molecular complexity index is 490. The van der Waals surface area contributed by atoms with Crippen LogP contribution in [0.3, 0.4) is 0 Å². The number of morpholine rings is 1. The van der Waals surface area contributed by atoms with Crippen LogP contribution >= 0.6 is 0 Å². The molecule has 0 radical (unpaired) electrons. The van der Waals surface area contributed by atoms with Crippen molar-refractivity contribution >= 4 is 5.69 Å². The second kappa shape index (κ2) is 5.45. The van der Waals surface area contributed by atoms with Gasteiger partial charge >= 0.3 is 0 Å². The normalized spacial score (nSPS) is 27.2. The van der Waals surface area contributed by atoms with Crippen LogP contribution in [0.1, 0.15) is 18.9 Å². The van der Waals surface area contributed by atoms with Gasteiger partial charge in [-0.25, -0.2) is 0 Å². The number of hydrogen-bond acceptors (Lipinski definition) is 4. The minimum Gasteiger partial charge on any atom is -0.378 e. The van der Waals surface area contributed by atoms with E-state index in [-0.39, 0.29) is 0 Å². The van der Waals surface area contributed by atoms with Crippen LogP contribution in [0, 0.1) is 17.2 Å². The molecular formula is C14H18N4O. The van der Waals surface area contributed by atoms with E-state index in [9.17, 15) is 0 Å². The Kier molecular flexibility index (Phi) is 3.51. The summed E-state index contributed by atoms with van der Waals surface area (Å²) in [6, 6.07) is 2.54. The van der Waals surface area contributed by atoms with E-state index in [1.807, 2.05) is 18.3 Å². The molecule has 5 nitrogen and oxygen atoms in total. The fraction of sp³-hybridized carbons (Fsp3) is 0.571. The van der Waals surface area contributed by atoms with Gasteiger partial charge in [0.05, 0.1) is 37.2 Å². The van der Waals surface area contributed by atoms with E-state index in [1.54, 1.807) is 6.08 Å². The predicted octanol–water partition coefficient (Wildman–Crippen LogP) is 1.75. The van der Waals surface area contributed by atoms with Crippen molar-refractivity contribution in [3.63, 3.8) is 0 Å². The number of rotatable bonds is 3. The first-order valence-corrected chi connectivity index (χ1v) is 6.80. The van der Waals surface area contributed by atoms with Crippen LogP contribution in [-0.4, -0.2) is 36.1 Å². The fourth-order valence-corrected chi connectivity index (χ4v) is 2.69. The molecule has 0 unspecified atom stereocenters. The van der Waals surface area contributed by atoms with Crippen molar-refractivity contribution in [2.24, 2.45) is 5.92 Å². The molecule has 0 bridgehead atoms. The summed E-state index contributed by atoms with van der Waals surface area (Å²) in [6.45, 7) is 3.50. The van der Waals surface area contributed by atoms with E-state index in [4.69, 9.17) is 10.00 Å². The molecule has 5 heteroatoms. The summed E-state index contributed by atoms with van der Waals surface area (Å²) in [5, 5.41) is 13.0. The average Bonchev–Trinajstić information content (AvgIpc) is 2.87. The number of ether oxygens (including phenoxy) is 1. The van der Waals surface area contributed by atoms with Gasteiger partial charge in [0.2, 0.25) is 0 Å². The molecule has 1 saturated heterocycles. The number of nitriles is 1. The fourth-order valence-electron chi connectivity index (χ4n) is 2.69. The standard InChI is InChI=1S/C14H18N4O/c15-3-1-2-12-8-13(9-12)18-11-14(10-16-18)17-4-6-19-7-5-17/h1-2,10-13H,4-9H2/b2-1+. The van der Waals surface area contributed by atoms with Crippen LogP contribution in [0.15, 0.2) is 24.5 Å². The Balaban J connectivity index is 1.57. The predicted molar refractivity (Wildman–Crippen MR) is 71.8 cm³/mol. The molecule has 100 valence electrons. The molecule has 0 N–H and O–H groups in total. The third-order valence-electron chi connectivity index (χ3n) is 3.93. The van der Waals surface area contributed by atoms with Crippen molar-refractivity contribution in [3.05, 3.63) is 24.5 Å². The Morgan fingerprint density at radius 1 is 1.37 bits per heavy atom. The van der Waals surface area contributed by atoms with Gasteiger partial charge in [-0.1, -0.05) is 6.08 Å². The van der Waals surface area contributed by atoms with Gasteiger partial charge in [0.25, 0.3) is 0 Å². The van der Waals surface area contributed by atoms with E-state index in [0.717, 1.165) is 39.1 Å². The second-order valence-electron chi connectivity index (χ2n) is 5.15. The highest BCUT2D eigenvalue weighted by Gasteiger charge is 2.29. The number of hydrogen-bond donors (Lipinski definition) is 0. The summed E-state index contributed by atoms with van der Waals surface area (Å²) in [7, 11) is 0. The zero-order valence-corrected chi connectivity index (χ0v) is 10.9. The van der Waals surface area contributed by atoms with Gasteiger partial charge in [-0.2, -0.15) is 10.4 Å². The van der Waals surface area contributed by atoms with Gasteiger partial charge in [-0.15, -0.1) is 0 Å². The van der Waals surface area contributed by atoms with Crippen molar-refractivity contribution in [3.8, 4) is 6.07 Å². The molecule has 0 spiro atoms. The lowest BCUT2D eigenvalue weighted by Gasteiger charge is -2.33. The van der Waals surface area contributed by atoms with E-state index >= 15 is 0 Å². The van der Waals surface area contributed by atoms with Crippen molar-refractivity contribution < 1.29 is 4.74 Å². The molecule has 1 aliphatic heterocycles. The van der Waals surface area contributed by atoms with E-state index in [2.05, 4.69) is 20.9 Å². The molecule has 1 saturated carbocycles. The number of nitrogens with zero attached hydrogens (tertiary/aromatic N) is 4. The molecule has 2 fully saturated rings. The minimum atomic E-state index is 0.489. The first kappa shape index (κ1) is 12.2. The van der Waals surface area contributed by atoms with Gasteiger partial charge in [-0.3, -0.25) is 4.68 Å². The summed E-state index contributed by atoms with van der Waals surface area (Å²) < 4.78 is 7.43. The average molecular weight is 258 g/mol. The summed E-state index contributed by atoms with van der Waals surface area (Å²) in [6.07, 6.45) is 9.85. The zero-order valence-electron chi connectivity index (χ0n) is 10.9. The van der Waals surface area contributed by atoms with Crippen molar-refractivity contribution in [2.45, 2.75) is 18.9 Å². The molecule has 3 rings (SSSR count). The van der Waals surface area contributed by atoms with Crippen LogP contribution in [-0.2, 0) is 4.74 Å². The summed E-state index contributed by atoms with van der Waals surface area (Å²) in [5.41, 5.74) is 1.19. The molecule has 2 heterocycles. The van der Waals surface area contributed by atoms with Crippen LogP contribution < -0.4 is 4.90 Å². The van der Waals surface area contributed by atoms with Gasteiger partial charge in [-0.05, 0) is 18.8 Å². The number of aromatic nitrogens is 2. The highest BCUT2D eigenvalue weighted by Crippen LogP contribution is 2.38. The third-order valence-corrected chi connectivity index (χ3v) is 3.93. The molecule has 1 aliphatic carbocycles. The lowest BCUT2D eigenvalue weighted by molar-refractivity contribution is 0.122. The minimum absolute atomic E-state index is 0.489. The first-order valence-electron chi connectivity index (χ1n) is 6.80. The van der Waals surface area contributed by atoms with E-state index in [1.165, 1.54) is 5.69 Å². The SMILES string of the molecule is N#C/C=C/C1CC(n2cc(N3CCOCC3)cn2)C1. The maximum atomic E-state index is 8.50. The Morgan fingerprint density at radius 2 is 2.16 bits per heavy atom. The van der Waals surface area contributed by atoms with Crippen molar-refractivity contribution in [1.82, 2.24) is 9.78 Å². The maximum absolute atomic E-state index is 8.50. The largest absolute Gasteiger partial charge is 0.378 e. The van der Waals surface area contributed by atoms with Crippen LogP contribution in [0.2, 0.25) is 0 Å². The van der Waals surface area contributed by atoms with Gasteiger partial charge in [0.1, 0.15) is 0 Å². The Hall–Kier alpha value is -1.80. The molecule has 2 aliphatic rings.